The van der Waals surface area contributed by atoms with Gasteiger partial charge in [-0.2, -0.15) is 0 Å². The number of hydrogen-bond acceptors (Lipinski definition) is 2. The van der Waals surface area contributed by atoms with Crippen LogP contribution in [-0.4, -0.2) is 37.7 Å². The number of rotatable bonds is 13. The predicted molar refractivity (Wildman–Crippen MR) is 128 cm³/mol. The standard InChI is InChI=1S/C25H45N3O/c1-20(2)12-9-13-21(3)14-10-15-22(4)16-11-17-23(5)18-19-26-25(29)27-24(6)28(7)8/h12,14,16,18,24H,9-11,13,15,17,19H2,1-8H3,(H2,26,27,29)/b21-14+,22-16+,23-18+. The van der Waals surface area contributed by atoms with E-state index in [0.717, 1.165) is 38.5 Å². The van der Waals surface area contributed by atoms with Crippen LogP contribution >= 0.6 is 0 Å². The van der Waals surface area contributed by atoms with Crippen molar-refractivity contribution in [2.45, 2.75) is 86.2 Å². The zero-order valence-electron chi connectivity index (χ0n) is 20.2. The summed E-state index contributed by atoms with van der Waals surface area (Å²) in [5.74, 6) is 0. The second-order valence-corrected chi connectivity index (χ2v) is 8.54. The highest BCUT2D eigenvalue weighted by Crippen LogP contribution is 2.13. The van der Waals surface area contributed by atoms with Crippen LogP contribution < -0.4 is 10.6 Å². The summed E-state index contributed by atoms with van der Waals surface area (Å²) >= 11 is 0. The van der Waals surface area contributed by atoms with Gasteiger partial charge < -0.3 is 10.6 Å². The van der Waals surface area contributed by atoms with Crippen LogP contribution in [0.4, 0.5) is 4.79 Å². The van der Waals surface area contributed by atoms with Gasteiger partial charge in [0, 0.05) is 6.54 Å². The Hall–Kier alpha value is -1.81. The van der Waals surface area contributed by atoms with Gasteiger partial charge in [0.05, 0.1) is 6.17 Å². The third kappa shape index (κ3) is 16.8. The molecular weight excluding hydrogens is 358 g/mol. The van der Waals surface area contributed by atoms with Crippen molar-refractivity contribution in [1.82, 2.24) is 15.5 Å². The lowest BCUT2D eigenvalue weighted by atomic mass is 10.0. The van der Waals surface area contributed by atoms with Gasteiger partial charge in [0.2, 0.25) is 0 Å². The summed E-state index contributed by atoms with van der Waals surface area (Å²) in [7, 11) is 3.88. The van der Waals surface area contributed by atoms with Crippen molar-refractivity contribution in [3.8, 4) is 0 Å². The molecule has 0 rings (SSSR count). The van der Waals surface area contributed by atoms with Crippen LogP contribution in [0.25, 0.3) is 0 Å². The number of carbonyl (C=O) groups is 1. The van der Waals surface area contributed by atoms with E-state index in [-0.39, 0.29) is 12.2 Å². The molecule has 0 fully saturated rings. The summed E-state index contributed by atoms with van der Waals surface area (Å²) < 4.78 is 0. The highest BCUT2D eigenvalue weighted by molar-refractivity contribution is 5.74. The quantitative estimate of drug-likeness (QED) is 0.278. The van der Waals surface area contributed by atoms with Crippen LogP contribution in [0, 0.1) is 0 Å². The van der Waals surface area contributed by atoms with Gasteiger partial charge in [0.15, 0.2) is 0 Å². The second kappa shape index (κ2) is 16.0. The SMILES string of the molecule is CC(C)=CCC/C(C)=C/CC/C(C)=C/CC/C(C)=C/CNC(=O)NC(C)N(C)C. The molecule has 29 heavy (non-hydrogen) atoms. The molecule has 1 atom stereocenters. The minimum Gasteiger partial charge on any atom is -0.335 e. The number of carbonyl (C=O) groups excluding carboxylic acids is 1. The summed E-state index contributed by atoms with van der Waals surface area (Å²) in [4.78, 5) is 13.7. The molecule has 0 aromatic rings. The molecule has 0 spiro atoms. The largest absolute Gasteiger partial charge is 0.335 e. The Kier molecular flexibility index (Phi) is 15.0. The summed E-state index contributed by atoms with van der Waals surface area (Å²) in [6.45, 7) is 13.4. The first-order chi connectivity index (χ1) is 13.6. The van der Waals surface area contributed by atoms with Gasteiger partial charge in [-0.1, -0.05) is 46.6 Å². The van der Waals surface area contributed by atoms with E-state index >= 15 is 0 Å². The Morgan fingerprint density at radius 3 is 1.69 bits per heavy atom. The minimum absolute atomic E-state index is 0.0178. The van der Waals surface area contributed by atoms with E-state index in [1.54, 1.807) is 0 Å². The maximum absolute atomic E-state index is 11.8. The van der Waals surface area contributed by atoms with E-state index in [1.165, 1.54) is 22.3 Å². The van der Waals surface area contributed by atoms with Crippen molar-refractivity contribution in [3.05, 3.63) is 46.6 Å². The van der Waals surface area contributed by atoms with Crippen molar-refractivity contribution < 1.29 is 4.79 Å². The van der Waals surface area contributed by atoms with Crippen LogP contribution in [0.15, 0.2) is 46.6 Å². The van der Waals surface area contributed by atoms with Gasteiger partial charge in [0.25, 0.3) is 0 Å². The van der Waals surface area contributed by atoms with Crippen molar-refractivity contribution >= 4 is 6.03 Å². The molecule has 2 amide bonds. The first-order valence-electron chi connectivity index (χ1n) is 10.9. The number of amides is 2. The summed E-state index contributed by atoms with van der Waals surface area (Å²) in [6, 6.07) is -0.129. The van der Waals surface area contributed by atoms with E-state index < -0.39 is 0 Å². The average molecular weight is 404 g/mol. The number of urea groups is 1. The van der Waals surface area contributed by atoms with Crippen LogP contribution in [-0.2, 0) is 0 Å². The molecule has 1 unspecified atom stereocenters. The number of nitrogens with one attached hydrogen (secondary N) is 2. The van der Waals surface area contributed by atoms with Gasteiger partial charge in [-0.3, -0.25) is 4.90 Å². The lowest BCUT2D eigenvalue weighted by molar-refractivity contribution is 0.217. The molecule has 0 heterocycles. The molecule has 0 radical (unpaired) electrons. The first kappa shape index (κ1) is 27.2. The fourth-order valence-electron chi connectivity index (χ4n) is 2.67. The lowest BCUT2D eigenvalue weighted by Gasteiger charge is -2.20. The molecule has 4 nitrogen and oxygen atoms in total. The van der Waals surface area contributed by atoms with Crippen molar-refractivity contribution in [2.24, 2.45) is 0 Å². The Morgan fingerprint density at radius 2 is 1.24 bits per heavy atom. The molecule has 0 aliphatic heterocycles. The van der Waals surface area contributed by atoms with Crippen molar-refractivity contribution in [3.63, 3.8) is 0 Å². The maximum Gasteiger partial charge on any atom is 0.316 e. The lowest BCUT2D eigenvalue weighted by Crippen LogP contribution is -2.47. The number of hydrogen-bond donors (Lipinski definition) is 2. The van der Waals surface area contributed by atoms with Crippen LogP contribution in [0.2, 0.25) is 0 Å². The zero-order valence-corrected chi connectivity index (χ0v) is 20.2. The Balaban J connectivity index is 4.06. The third-order valence-corrected chi connectivity index (χ3v) is 4.98. The van der Waals surface area contributed by atoms with Gasteiger partial charge in [-0.05, 0) is 94.2 Å². The van der Waals surface area contributed by atoms with Crippen molar-refractivity contribution in [1.29, 1.82) is 0 Å². The van der Waals surface area contributed by atoms with Gasteiger partial charge in [-0.15, -0.1) is 0 Å². The predicted octanol–water partition coefficient (Wildman–Crippen LogP) is 6.34. The maximum atomic E-state index is 11.8. The Labute approximate surface area is 180 Å². The highest BCUT2D eigenvalue weighted by Gasteiger charge is 2.06. The summed E-state index contributed by atoms with van der Waals surface area (Å²) in [6.07, 6.45) is 15.8. The minimum atomic E-state index is -0.129. The van der Waals surface area contributed by atoms with Gasteiger partial charge in [0.1, 0.15) is 0 Å². The number of allylic oxidation sites excluding steroid dienone is 7. The molecule has 4 heteroatoms. The Bertz CT molecular complexity index is 593. The Morgan fingerprint density at radius 1 is 0.793 bits per heavy atom. The smallest absolute Gasteiger partial charge is 0.316 e. The zero-order chi connectivity index (χ0) is 22.2. The normalized spacial score (nSPS) is 14.0. The monoisotopic (exact) mass is 403 g/mol. The van der Waals surface area contributed by atoms with Crippen LogP contribution in [0.5, 0.6) is 0 Å². The summed E-state index contributed by atoms with van der Waals surface area (Å²) in [5.41, 5.74) is 5.66. The third-order valence-electron chi connectivity index (χ3n) is 4.98. The number of nitrogens with zero attached hydrogens (tertiary/aromatic N) is 1. The molecule has 0 saturated carbocycles. The van der Waals surface area contributed by atoms with Crippen molar-refractivity contribution in [2.75, 3.05) is 20.6 Å². The van der Waals surface area contributed by atoms with Gasteiger partial charge in [-0.25, -0.2) is 4.79 Å². The molecule has 2 N–H and O–H groups in total. The topological polar surface area (TPSA) is 44.4 Å². The van der Waals surface area contributed by atoms with Crippen LogP contribution in [0.1, 0.15) is 80.1 Å². The summed E-state index contributed by atoms with van der Waals surface area (Å²) in [5, 5.41) is 5.76. The molecule has 0 aliphatic rings. The molecule has 0 aliphatic carbocycles. The average Bonchev–Trinajstić information content (AvgIpc) is 2.61. The fraction of sp³-hybridized carbons (Fsp3) is 0.640. The molecule has 0 bridgehead atoms. The van der Waals surface area contributed by atoms with E-state index in [4.69, 9.17) is 0 Å². The molecule has 166 valence electrons. The highest BCUT2D eigenvalue weighted by atomic mass is 16.2. The molecule has 0 aromatic carbocycles. The fourth-order valence-corrected chi connectivity index (χ4v) is 2.67. The van der Waals surface area contributed by atoms with Crippen LogP contribution in [0.3, 0.4) is 0 Å². The second-order valence-electron chi connectivity index (χ2n) is 8.54. The van der Waals surface area contributed by atoms with E-state index in [2.05, 4.69) is 69.6 Å². The molecule has 0 aromatic heterocycles. The van der Waals surface area contributed by atoms with E-state index in [0.29, 0.717) is 6.54 Å². The molecule has 0 saturated heterocycles. The van der Waals surface area contributed by atoms with E-state index in [1.807, 2.05) is 25.9 Å². The van der Waals surface area contributed by atoms with E-state index in [9.17, 15) is 4.79 Å². The first-order valence-corrected chi connectivity index (χ1v) is 10.9. The van der Waals surface area contributed by atoms with Gasteiger partial charge >= 0.3 is 6.03 Å². The molecular formula is C25H45N3O.